The number of nitrogens with one attached hydrogen (secondary N) is 1. The topological polar surface area (TPSA) is 108 Å². The number of hydrogen-bond donors (Lipinski definition) is 1. The molecule has 146 valence electrons. The van der Waals surface area contributed by atoms with E-state index >= 15 is 0 Å². The lowest BCUT2D eigenvalue weighted by Crippen LogP contribution is -2.33. The van der Waals surface area contributed by atoms with Gasteiger partial charge in [-0.05, 0) is 21.9 Å². The molecule has 0 amide bonds. The lowest BCUT2D eigenvalue weighted by Gasteiger charge is -2.23. The average molecular weight is 375 g/mol. The highest BCUT2D eigenvalue weighted by Gasteiger charge is 2.32. The number of methoxy groups -OCH3 is 2. The molecule has 0 aliphatic heterocycles. The molecule has 0 bridgehead atoms. The maximum atomic E-state index is 12.2. The molecule has 1 aromatic heterocycles. The summed E-state index contributed by atoms with van der Waals surface area (Å²) in [6, 6.07) is 8.70. The van der Waals surface area contributed by atoms with Gasteiger partial charge in [-0.3, -0.25) is 4.79 Å². The van der Waals surface area contributed by atoms with Crippen LogP contribution in [0.2, 0.25) is 0 Å². The lowest BCUT2D eigenvalue weighted by atomic mass is 10.0. The molecule has 0 spiro atoms. The Balaban J connectivity index is 2.28. The molecule has 2 unspecified atom stereocenters. The first-order valence-electron chi connectivity index (χ1n) is 8.67. The van der Waals surface area contributed by atoms with Crippen LogP contribution in [0.1, 0.15) is 43.7 Å². The highest BCUT2D eigenvalue weighted by molar-refractivity contribution is 5.81. The average Bonchev–Trinajstić information content (AvgIpc) is 3.15. The standard InChI is InChI=1S/C18H25N5O4/c1-12(2)16(19-11-13-8-6-5-7-9-13)17-20-21-22-23(17)14(18(25)27-4)10-15(24)26-3/h5-9,12,14,16,19H,10-11H2,1-4H3. The Bertz CT molecular complexity index is 747. The normalized spacial score (nSPS) is 13.2. The Morgan fingerprint density at radius 3 is 2.44 bits per heavy atom. The molecule has 2 aromatic rings. The van der Waals surface area contributed by atoms with E-state index in [0.29, 0.717) is 12.4 Å². The molecule has 1 heterocycles. The van der Waals surface area contributed by atoms with Gasteiger partial charge in [-0.1, -0.05) is 44.2 Å². The summed E-state index contributed by atoms with van der Waals surface area (Å²) < 4.78 is 10.8. The van der Waals surface area contributed by atoms with Gasteiger partial charge in [0.1, 0.15) is 0 Å². The summed E-state index contributed by atoms with van der Waals surface area (Å²) in [7, 11) is 2.51. The van der Waals surface area contributed by atoms with Crippen LogP contribution in [0.5, 0.6) is 0 Å². The van der Waals surface area contributed by atoms with E-state index in [4.69, 9.17) is 4.74 Å². The third kappa shape index (κ3) is 5.33. The minimum absolute atomic E-state index is 0.134. The fourth-order valence-electron chi connectivity index (χ4n) is 2.72. The van der Waals surface area contributed by atoms with Crippen molar-refractivity contribution in [3.63, 3.8) is 0 Å². The molecule has 0 fully saturated rings. The van der Waals surface area contributed by atoms with Crippen LogP contribution in [0.4, 0.5) is 0 Å². The van der Waals surface area contributed by atoms with Crippen molar-refractivity contribution in [2.75, 3.05) is 14.2 Å². The third-order valence-electron chi connectivity index (χ3n) is 4.19. The van der Waals surface area contributed by atoms with E-state index in [1.54, 1.807) is 0 Å². The second-order valence-corrected chi connectivity index (χ2v) is 6.39. The summed E-state index contributed by atoms with van der Waals surface area (Å²) in [4.78, 5) is 24.0. The number of carbonyl (C=O) groups excluding carboxylic acids is 2. The van der Waals surface area contributed by atoms with Gasteiger partial charge < -0.3 is 14.8 Å². The molecule has 0 aliphatic rings. The van der Waals surface area contributed by atoms with E-state index in [-0.39, 0.29) is 18.4 Å². The Morgan fingerprint density at radius 2 is 1.85 bits per heavy atom. The predicted molar refractivity (Wildman–Crippen MR) is 96.4 cm³/mol. The first-order valence-corrected chi connectivity index (χ1v) is 8.67. The number of esters is 2. The summed E-state index contributed by atoms with van der Waals surface area (Å²) in [5.74, 6) is -0.570. The van der Waals surface area contributed by atoms with Gasteiger partial charge in [0, 0.05) is 6.54 Å². The number of aromatic nitrogens is 4. The SMILES string of the molecule is COC(=O)CC(C(=O)OC)n1nnnc1C(NCc1ccccc1)C(C)C. The monoisotopic (exact) mass is 375 g/mol. The van der Waals surface area contributed by atoms with Gasteiger partial charge in [0.25, 0.3) is 0 Å². The zero-order valence-corrected chi connectivity index (χ0v) is 16.0. The molecule has 2 rings (SSSR count). The molecule has 9 heteroatoms. The smallest absolute Gasteiger partial charge is 0.331 e. The van der Waals surface area contributed by atoms with Crippen LogP contribution in [0.15, 0.2) is 30.3 Å². The second kappa shape index (κ2) is 9.77. The van der Waals surface area contributed by atoms with Gasteiger partial charge in [-0.2, -0.15) is 0 Å². The van der Waals surface area contributed by atoms with E-state index in [1.807, 2.05) is 44.2 Å². The minimum atomic E-state index is -0.993. The number of nitrogens with zero attached hydrogens (tertiary/aromatic N) is 4. The van der Waals surface area contributed by atoms with Gasteiger partial charge in [0.2, 0.25) is 0 Å². The highest BCUT2D eigenvalue weighted by Crippen LogP contribution is 2.24. The van der Waals surface area contributed by atoms with Crippen molar-refractivity contribution in [2.45, 2.75) is 38.9 Å². The predicted octanol–water partition coefficient (Wildman–Crippen LogP) is 1.44. The van der Waals surface area contributed by atoms with Crippen LogP contribution in [0.25, 0.3) is 0 Å². The lowest BCUT2D eigenvalue weighted by molar-refractivity contribution is -0.151. The first kappa shape index (κ1) is 20.5. The van der Waals surface area contributed by atoms with E-state index in [9.17, 15) is 9.59 Å². The van der Waals surface area contributed by atoms with E-state index in [1.165, 1.54) is 18.9 Å². The van der Waals surface area contributed by atoms with Crippen LogP contribution in [0.3, 0.4) is 0 Å². The van der Waals surface area contributed by atoms with Crippen LogP contribution < -0.4 is 5.32 Å². The zero-order chi connectivity index (χ0) is 19.8. The van der Waals surface area contributed by atoms with Crippen molar-refractivity contribution < 1.29 is 19.1 Å². The zero-order valence-electron chi connectivity index (χ0n) is 16.0. The van der Waals surface area contributed by atoms with E-state index in [2.05, 4.69) is 25.6 Å². The maximum absolute atomic E-state index is 12.2. The van der Waals surface area contributed by atoms with Crippen molar-refractivity contribution in [3.05, 3.63) is 41.7 Å². The number of hydrogen-bond acceptors (Lipinski definition) is 8. The summed E-state index contributed by atoms with van der Waals surface area (Å²) in [6.45, 7) is 4.65. The second-order valence-electron chi connectivity index (χ2n) is 6.39. The number of carbonyl (C=O) groups is 2. The number of rotatable bonds is 9. The number of benzene rings is 1. The molecular weight excluding hydrogens is 350 g/mol. The van der Waals surface area contributed by atoms with Gasteiger partial charge in [-0.15, -0.1) is 5.10 Å². The van der Waals surface area contributed by atoms with Crippen LogP contribution in [-0.2, 0) is 25.6 Å². The molecule has 0 saturated carbocycles. The van der Waals surface area contributed by atoms with Gasteiger partial charge >= 0.3 is 11.9 Å². The molecular formula is C18H25N5O4. The molecule has 0 saturated heterocycles. The van der Waals surface area contributed by atoms with Crippen molar-refractivity contribution in [1.29, 1.82) is 0 Å². The van der Waals surface area contributed by atoms with Crippen molar-refractivity contribution in [2.24, 2.45) is 5.92 Å². The number of ether oxygens (including phenoxy) is 2. The molecule has 1 N–H and O–H groups in total. The van der Waals surface area contributed by atoms with Crippen LogP contribution in [-0.4, -0.2) is 46.4 Å². The molecule has 1 aromatic carbocycles. The molecule has 9 nitrogen and oxygen atoms in total. The van der Waals surface area contributed by atoms with E-state index in [0.717, 1.165) is 5.56 Å². The summed E-state index contributed by atoms with van der Waals surface area (Å²) in [5.41, 5.74) is 1.11. The minimum Gasteiger partial charge on any atom is -0.469 e. The Morgan fingerprint density at radius 1 is 1.15 bits per heavy atom. The Labute approximate surface area is 158 Å². The molecule has 27 heavy (non-hydrogen) atoms. The molecule has 0 aliphatic carbocycles. The highest BCUT2D eigenvalue weighted by atomic mass is 16.5. The van der Waals surface area contributed by atoms with Crippen molar-refractivity contribution >= 4 is 11.9 Å². The third-order valence-corrected chi connectivity index (χ3v) is 4.19. The molecule has 0 radical (unpaired) electrons. The van der Waals surface area contributed by atoms with Gasteiger partial charge in [0.15, 0.2) is 11.9 Å². The Hall–Kier alpha value is -2.81. The van der Waals surface area contributed by atoms with Crippen LogP contribution in [0, 0.1) is 5.92 Å². The van der Waals surface area contributed by atoms with Crippen molar-refractivity contribution in [3.8, 4) is 0 Å². The molecule has 2 atom stereocenters. The van der Waals surface area contributed by atoms with Gasteiger partial charge in [-0.25, -0.2) is 9.48 Å². The van der Waals surface area contributed by atoms with Crippen molar-refractivity contribution in [1.82, 2.24) is 25.5 Å². The largest absolute Gasteiger partial charge is 0.469 e. The van der Waals surface area contributed by atoms with Gasteiger partial charge in [0.05, 0.1) is 26.7 Å². The fourth-order valence-corrected chi connectivity index (χ4v) is 2.72. The summed E-state index contributed by atoms with van der Waals surface area (Å²) in [5, 5.41) is 15.2. The summed E-state index contributed by atoms with van der Waals surface area (Å²) >= 11 is 0. The quantitative estimate of drug-likeness (QED) is 0.656. The van der Waals surface area contributed by atoms with E-state index < -0.39 is 18.0 Å². The number of tetrazole rings is 1. The maximum Gasteiger partial charge on any atom is 0.331 e. The fraction of sp³-hybridized carbons (Fsp3) is 0.500. The van der Waals surface area contributed by atoms with Crippen LogP contribution >= 0.6 is 0 Å². The summed E-state index contributed by atoms with van der Waals surface area (Å²) in [6.07, 6.45) is -0.218. The first-order chi connectivity index (χ1) is 13.0. The Kier molecular flexibility index (Phi) is 7.42.